The van der Waals surface area contributed by atoms with Crippen LogP contribution in [0.4, 0.5) is 11.6 Å². The molecule has 0 amide bonds. The summed E-state index contributed by atoms with van der Waals surface area (Å²) in [7, 11) is 0. The van der Waals surface area contributed by atoms with E-state index in [4.69, 9.17) is 0 Å². The highest BCUT2D eigenvalue weighted by Gasteiger charge is 2.17. The van der Waals surface area contributed by atoms with Crippen molar-refractivity contribution in [2.45, 2.75) is 13.5 Å². The number of hydrogen-bond acceptors (Lipinski definition) is 5. The van der Waals surface area contributed by atoms with E-state index in [0.29, 0.717) is 28.8 Å². The summed E-state index contributed by atoms with van der Waals surface area (Å²) in [4.78, 5) is 17.9. The van der Waals surface area contributed by atoms with Gasteiger partial charge in [0.05, 0.1) is 22.1 Å². The normalized spacial score (nSPS) is 11.5. The number of para-hydroxylation sites is 2. The summed E-state index contributed by atoms with van der Waals surface area (Å²) in [6.45, 7) is 6.17. The first kappa shape index (κ1) is 20.4. The second-order valence-corrected chi connectivity index (χ2v) is 7.70. The molecule has 2 aromatic heterocycles. The zero-order valence-corrected chi connectivity index (χ0v) is 18.0. The summed E-state index contributed by atoms with van der Waals surface area (Å²) < 4.78 is 3.14. The van der Waals surface area contributed by atoms with Crippen molar-refractivity contribution in [2.24, 2.45) is 10.2 Å². The van der Waals surface area contributed by atoms with Crippen LogP contribution in [0.15, 0.2) is 100 Å². The molecule has 0 fully saturated rings. The van der Waals surface area contributed by atoms with Gasteiger partial charge in [-0.15, -0.1) is 16.8 Å². The lowest BCUT2D eigenvalue weighted by molar-refractivity contribution is 0.431. The maximum absolute atomic E-state index is 13.3. The van der Waals surface area contributed by atoms with Gasteiger partial charge in [0, 0.05) is 11.9 Å². The van der Waals surface area contributed by atoms with Crippen LogP contribution in [0.5, 0.6) is 5.88 Å². The van der Waals surface area contributed by atoms with E-state index >= 15 is 0 Å². The number of hydrogen-bond donors (Lipinski definition) is 1. The number of aromatic nitrogens is 3. The van der Waals surface area contributed by atoms with Gasteiger partial charge in [0.25, 0.3) is 11.5 Å². The summed E-state index contributed by atoms with van der Waals surface area (Å²) in [5.41, 5.74) is 3.08. The lowest BCUT2D eigenvalue weighted by Crippen LogP contribution is -2.19. The van der Waals surface area contributed by atoms with Crippen LogP contribution in [0, 0.1) is 6.92 Å². The van der Waals surface area contributed by atoms with Crippen molar-refractivity contribution in [2.75, 3.05) is 0 Å². The third kappa shape index (κ3) is 3.49. The van der Waals surface area contributed by atoms with Gasteiger partial charge in [-0.3, -0.25) is 4.79 Å². The molecule has 3 aromatic carbocycles. The van der Waals surface area contributed by atoms with Crippen molar-refractivity contribution in [3.05, 3.63) is 101 Å². The van der Waals surface area contributed by atoms with Crippen molar-refractivity contribution in [1.82, 2.24) is 14.1 Å². The first-order valence-corrected chi connectivity index (χ1v) is 10.5. The minimum atomic E-state index is -0.241. The predicted octanol–water partition coefficient (Wildman–Crippen LogP) is 5.96. The summed E-state index contributed by atoms with van der Waals surface area (Å²) in [5, 5.41) is 20.9. The molecule has 0 radical (unpaired) electrons. The predicted molar refractivity (Wildman–Crippen MR) is 130 cm³/mol. The molecular formula is C26H21N5O2. The van der Waals surface area contributed by atoms with Gasteiger partial charge in [-0.25, -0.2) is 9.55 Å². The lowest BCUT2D eigenvalue weighted by Gasteiger charge is -2.09. The average Bonchev–Trinajstić information content (AvgIpc) is 3.08. The van der Waals surface area contributed by atoms with E-state index in [9.17, 15) is 9.90 Å². The van der Waals surface area contributed by atoms with Crippen LogP contribution in [-0.4, -0.2) is 19.2 Å². The van der Waals surface area contributed by atoms with Crippen LogP contribution in [0.3, 0.4) is 0 Å². The third-order valence-corrected chi connectivity index (χ3v) is 5.49. The molecule has 1 N–H and O–H groups in total. The van der Waals surface area contributed by atoms with Crippen LogP contribution in [0.2, 0.25) is 0 Å². The van der Waals surface area contributed by atoms with E-state index in [-0.39, 0.29) is 17.4 Å². The Morgan fingerprint density at radius 3 is 2.55 bits per heavy atom. The maximum atomic E-state index is 13.3. The van der Waals surface area contributed by atoms with Crippen molar-refractivity contribution >= 4 is 33.4 Å². The first-order chi connectivity index (χ1) is 16.1. The number of aryl methyl sites for hydroxylation is 1. The van der Waals surface area contributed by atoms with Gasteiger partial charge in [0.2, 0.25) is 5.88 Å². The molecule has 5 rings (SSSR count). The molecule has 7 heteroatoms. The van der Waals surface area contributed by atoms with Gasteiger partial charge in [-0.05, 0) is 43.3 Å². The Bertz CT molecular complexity index is 1600. The molecule has 7 nitrogen and oxygen atoms in total. The highest BCUT2D eigenvalue weighted by molar-refractivity contribution is 5.95. The van der Waals surface area contributed by atoms with Crippen LogP contribution in [0.1, 0.15) is 5.56 Å². The molecule has 0 spiro atoms. The summed E-state index contributed by atoms with van der Waals surface area (Å²) in [6, 6.07) is 22.2. The number of azo groups is 1. The Balaban J connectivity index is 1.75. The van der Waals surface area contributed by atoms with E-state index in [1.54, 1.807) is 28.8 Å². The molecule has 162 valence electrons. The highest BCUT2D eigenvalue weighted by Crippen LogP contribution is 2.40. The number of benzene rings is 3. The molecule has 0 saturated heterocycles. The standard InChI is InChI=1S/C26H21N5O2/c1-3-15-30-22-14-13-17(2)16-20(22)23(25(30)33)28-29-26-27-21-12-8-7-11-19(21)24(32)31(26)18-9-5-4-6-10-18/h3-14,16,33H,1,15H2,2H3. The third-order valence-electron chi connectivity index (χ3n) is 5.49. The quantitative estimate of drug-likeness (QED) is 0.273. The molecule has 0 aliphatic heterocycles. The van der Waals surface area contributed by atoms with Crippen molar-refractivity contribution in [3.8, 4) is 11.6 Å². The van der Waals surface area contributed by atoms with Crippen LogP contribution in [-0.2, 0) is 6.54 Å². The van der Waals surface area contributed by atoms with E-state index in [2.05, 4.69) is 21.8 Å². The van der Waals surface area contributed by atoms with E-state index in [0.717, 1.165) is 16.5 Å². The fourth-order valence-corrected chi connectivity index (χ4v) is 3.94. The van der Waals surface area contributed by atoms with Gasteiger partial charge in [0.1, 0.15) is 0 Å². The Labute approximate surface area is 189 Å². The number of rotatable bonds is 5. The minimum absolute atomic E-state index is 0.0198. The van der Waals surface area contributed by atoms with Crippen molar-refractivity contribution in [1.29, 1.82) is 0 Å². The number of nitrogens with zero attached hydrogens (tertiary/aromatic N) is 5. The molecule has 33 heavy (non-hydrogen) atoms. The first-order valence-electron chi connectivity index (χ1n) is 10.5. The average molecular weight is 435 g/mol. The molecule has 0 unspecified atom stereocenters. The van der Waals surface area contributed by atoms with Crippen molar-refractivity contribution in [3.63, 3.8) is 0 Å². The molecule has 2 heterocycles. The zero-order chi connectivity index (χ0) is 22.9. The van der Waals surface area contributed by atoms with Gasteiger partial charge >= 0.3 is 0 Å². The Morgan fingerprint density at radius 1 is 1.00 bits per heavy atom. The van der Waals surface area contributed by atoms with Crippen molar-refractivity contribution < 1.29 is 5.11 Å². The number of allylic oxidation sites excluding steroid dienone is 1. The van der Waals surface area contributed by atoms with Gasteiger partial charge < -0.3 is 9.67 Å². The fraction of sp³-hybridized carbons (Fsp3) is 0.0769. The molecular weight excluding hydrogens is 414 g/mol. The van der Waals surface area contributed by atoms with Gasteiger partial charge in [0.15, 0.2) is 5.69 Å². The largest absolute Gasteiger partial charge is 0.493 e. The topological polar surface area (TPSA) is 84.8 Å². The van der Waals surface area contributed by atoms with Crippen LogP contribution >= 0.6 is 0 Å². The summed E-state index contributed by atoms with van der Waals surface area (Å²) in [6.07, 6.45) is 1.71. The number of fused-ring (bicyclic) bond motifs is 2. The summed E-state index contributed by atoms with van der Waals surface area (Å²) >= 11 is 0. The van der Waals surface area contributed by atoms with Crippen LogP contribution < -0.4 is 5.56 Å². The SMILES string of the molecule is C=CCn1c(O)c(N=Nc2nc3ccccc3c(=O)n2-c2ccccc2)c2cc(C)ccc21. The fourth-order valence-electron chi connectivity index (χ4n) is 3.94. The van der Waals surface area contributed by atoms with E-state index < -0.39 is 0 Å². The summed E-state index contributed by atoms with van der Waals surface area (Å²) in [5.74, 6) is 0.107. The highest BCUT2D eigenvalue weighted by atomic mass is 16.3. The number of aromatic hydroxyl groups is 1. The zero-order valence-electron chi connectivity index (χ0n) is 18.0. The van der Waals surface area contributed by atoms with E-state index in [1.165, 1.54) is 4.57 Å². The Kier molecular flexibility index (Phi) is 5.06. The molecule has 0 aliphatic carbocycles. The minimum Gasteiger partial charge on any atom is -0.493 e. The van der Waals surface area contributed by atoms with Gasteiger partial charge in [-0.2, -0.15) is 0 Å². The molecule has 0 saturated carbocycles. The monoisotopic (exact) mass is 435 g/mol. The molecule has 0 bridgehead atoms. The maximum Gasteiger partial charge on any atom is 0.267 e. The van der Waals surface area contributed by atoms with Crippen LogP contribution in [0.25, 0.3) is 27.5 Å². The van der Waals surface area contributed by atoms with E-state index in [1.807, 2.05) is 61.5 Å². The second kappa shape index (κ2) is 8.20. The molecule has 0 atom stereocenters. The Hall–Kier alpha value is -4.52. The second-order valence-electron chi connectivity index (χ2n) is 7.70. The smallest absolute Gasteiger partial charge is 0.267 e. The molecule has 0 aliphatic rings. The lowest BCUT2D eigenvalue weighted by atomic mass is 10.1. The van der Waals surface area contributed by atoms with Gasteiger partial charge in [-0.1, -0.05) is 48.0 Å². The molecule has 5 aromatic rings. The Morgan fingerprint density at radius 2 is 1.76 bits per heavy atom.